The summed E-state index contributed by atoms with van der Waals surface area (Å²) < 4.78 is 0.347. The summed E-state index contributed by atoms with van der Waals surface area (Å²) in [5, 5.41) is 0. The Morgan fingerprint density at radius 1 is 1.08 bits per heavy atom. The van der Waals surface area contributed by atoms with Crippen molar-refractivity contribution in [2.24, 2.45) is 0 Å². The third-order valence-electron chi connectivity index (χ3n) is 1.97. The smallest absolute Gasteiger partial charge is 0.188 e. The second-order valence-electron chi connectivity index (χ2n) is 3.85. The van der Waals surface area contributed by atoms with E-state index < -0.39 is 0 Å². The van der Waals surface area contributed by atoms with E-state index in [2.05, 4.69) is 20.8 Å². The van der Waals surface area contributed by atoms with Crippen molar-refractivity contribution < 1.29 is 14.2 Å². The third-order valence-corrected chi connectivity index (χ3v) is 3.83. The van der Waals surface area contributed by atoms with Gasteiger partial charge in [0.05, 0.1) is 0 Å². The molecule has 0 spiro atoms. The van der Waals surface area contributed by atoms with Gasteiger partial charge in [0.1, 0.15) is 18.8 Å². The van der Waals surface area contributed by atoms with Crippen LogP contribution in [0.25, 0.3) is 0 Å². The molecule has 0 N–H and O–H groups in total. The van der Waals surface area contributed by atoms with Gasteiger partial charge in [-0.3, -0.25) is 0 Å². The minimum Gasteiger partial charge on any atom is -0.188 e. The van der Waals surface area contributed by atoms with Crippen molar-refractivity contribution >= 4 is 10.4 Å². The Hall–Kier alpha value is 0.0969. The van der Waals surface area contributed by atoms with E-state index in [1.54, 1.807) is 0 Å². The molecule has 0 aromatic rings. The molecule has 0 aromatic carbocycles. The van der Waals surface area contributed by atoms with Gasteiger partial charge in [0.2, 0.25) is 0 Å². The molecular weight excluding hydrogens is 170 g/mol. The molecule has 0 saturated carbocycles. The highest BCUT2D eigenvalue weighted by molar-refractivity contribution is 5.96. The number of hydrogen-bond acceptors (Lipinski definition) is 2. The second-order valence-corrected chi connectivity index (χ2v) is 5.03. The van der Waals surface area contributed by atoms with Crippen molar-refractivity contribution in [2.45, 2.75) is 40.2 Å². The minimum atomic E-state index is 0.0121. The van der Waals surface area contributed by atoms with Crippen molar-refractivity contribution in [1.29, 1.82) is 0 Å². The molecule has 4 heteroatoms. The Morgan fingerprint density at radius 3 is 1.58 bits per heavy atom. The van der Waals surface area contributed by atoms with Gasteiger partial charge in [0.25, 0.3) is 0 Å². The van der Waals surface area contributed by atoms with Crippen LogP contribution < -0.4 is 0 Å². The summed E-state index contributed by atoms with van der Waals surface area (Å²) in [6.45, 7) is 11.8. The van der Waals surface area contributed by atoms with E-state index >= 15 is 0 Å². The largest absolute Gasteiger partial charge is 0.309 e. The fourth-order valence-electron chi connectivity index (χ4n) is 0.917. The number of quaternary nitrogens is 1. The van der Waals surface area contributed by atoms with Crippen molar-refractivity contribution in [2.75, 3.05) is 13.2 Å². The number of nitrogens with zero attached hydrogens (tertiary/aromatic N) is 1. The molecule has 0 aliphatic heterocycles. The second kappa shape index (κ2) is 4.37. The monoisotopic (exact) mass is 192 g/mol. The van der Waals surface area contributed by atoms with Gasteiger partial charge in [-0.1, -0.05) is 4.48 Å². The van der Waals surface area contributed by atoms with Crippen LogP contribution in [0.4, 0.5) is 0 Å². The van der Waals surface area contributed by atoms with Gasteiger partial charge in [-0.05, 0) is 34.6 Å². The zero-order chi connectivity index (χ0) is 9.83. The standard InChI is InChI=1S/C8H22NO2Si/c1-6-10-9(12,11-7-2)8(3,4)5/h6-7H2,1-5,12H3/q+1. The van der Waals surface area contributed by atoms with Crippen LogP contribution >= 0.6 is 0 Å². The molecule has 0 rings (SSSR count). The molecule has 0 fully saturated rings. The summed E-state index contributed by atoms with van der Waals surface area (Å²) in [5.41, 5.74) is 0.0121. The maximum absolute atomic E-state index is 5.61. The molecule has 0 aromatic heterocycles. The van der Waals surface area contributed by atoms with Gasteiger partial charge in [0.15, 0.2) is 0 Å². The normalized spacial score (nSPS) is 13.8. The number of hydrogen-bond donors (Lipinski definition) is 0. The molecule has 74 valence electrons. The van der Waals surface area contributed by atoms with Gasteiger partial charge in [-0.2, -0.15) is 9.68 Å². The van der Waals surface area contributed by atoms with Gasteiger partial charge in [0, 0.05) is 0 Å². The van der Waals surface area contributed by atoms with E-state index in [-0.39, 0.29) is 5.54 Å². The lowest BCUT2D eigenvalue weighted by Gasteiger charge is -2.40. The molecule has 0 heterocycles. The molecule has 0 aliphatic rings. The molecule has 0 amide bonds. The number of hydroxylamine groups is 2. The third kappa shape index (κ3) is 2.86. The fourth-order valence-corrected chi connectivity index (χ4v) is 1.43. The van der Waals surface area contributed by atoms with Crippen LogP contribution in [-0.2, 0) is 9.68 Å². The summed E-state index contributed by atoms with van der Waals surface area (Å²) in [6.07, 6.45) is 0. The van der Waals surface area contributed by atoms with Gasteiger partial charge in [-0.15, -0.1) is 0 Å². The minimum absolute atomic E-state index is 0.0121. The lowest BCUT2D eigenvalue weighted by molar-refractivity contribution is -1.20. The van der Waals surface area contributed by atoms with E-state index in [1.807, 2.05) is 13.8 Å². The molecule has 0 atom stereocenters. The van der Waals surface area contributed by atoms with Crippen molar-refractivity contribution in [3.05, 3.63) is 0 Å². The predicted octanol–water partition coefficient (Wildman–Crippen LogP) is 0.785. The summed E-state index contributed by atoms with van der Waals surface area (Å²) in [6, 6.07) is 0. The Kier molecular flexibility index (Phi) is 4.40. The lowest BCUT2D eigenvalue weighted by atomic mass is 10.1. The van der Waals surface area contributed by atoms with Crippen molar-refractivity contribution in [3.63, 3.8) is 0 Å². The quantitative estimate of drug-likeness (QED) is 0.484. The van der Waals surface area contributed by atoms with Crippen LogP contribution in [0, 0.1) is 0 Å². The maximum atomic E-state index is 5.61. The zero-order valence-electron chi connectivity index (χ0n) is 9.18. The maximum Gasteiger partial charge on any atom is 0.309 e. The first-order valence-corrected chi connectivity index (χ1v) is 5.42. The summed E-state index contributed by atoms with van der Waals surface area (Å²) in [7, 11) is 0.840. The Balaban J connectivity index is 4.38. The predicted molar refractivity (Wildman–Crippen MR) is 53.2 cm³/mol. The van der Waals surface area contributed by atoms with E-state index in [4.69, 9.17) is 9.68 Å². The van der Waals surface area contributed by atoms with Crippen molar-refractivity contribution in [3.8, 4) is 0 Å². The first kappa shape index (κ1) is 12.1. The SMILES string of the molecule is CCO[N+]([SiH3])(OCC)C(C)(C)C. The molecule has 0 aliphatic carbocycles. The molecular formula is C8H22NO2Si+. The van der Waals surface area contributed by atoms with Crippen LogP contribution in [0.3, 0.4) is 0 Å². The van der Waals surface area contributed by atoms with Crippen molar-refractivity contribution in [1.82, 2.24) is 0 Å². The van der Waals surface area contributed by atoms with Gasteiger partial charge >= 0.3 is 10.4 Å². The van der Waals surface area contributed by atoms with Crippen LogP contribution in [-0.4, -0.2) is 33.6 Å². The molecule has 12 heavy (non-hydrogen) atoms. The van der Waals surface area contributed by atoms with Crippen LogP contribution in [0.2, 0.25) is 0 Å². The Labute approximate surface area is 78.6 Å². The average Bonchev–Trinajstić information content (AvgIpc) is 1.86. The Morgan fingerprint density at radius 2 is 1.42 bits per heavy atom. The summed E-state index contributed by atoms with van der Waals surface area (Å²) >= 11 is 0. The highest BCUT2D eigenvalue weighted by Crippen LogP contribution is 2.22. The van der Waals surface area contributed by atoms with E-state index in [9.17, 15) is 0 Å². The molecule has 0 saturated heterocycles. The first-order valence-electron chi connectivity index (χ1n) is 4.53. The molecule has 0 unspecified atom stereocenters. The fraction of sp³-hybridized carbons (Fsp3) is 1.00. The highest BCUT2D eigenvalue weighted by Gasteiger charge is 2.39. The summed E-state index contributed by atoms with van der Waals surface area (Å²) in [4.78, 5) is 11.2. The van der Waals surface area contributed by atoms with E-state index in [1.165, 1.54) is 0 Å². The van der Waals surface area contributed by atoms with Gasteiger partial charge in [-0.25, -0.2) is 0 Å². The van der Waals surface area contributed by atoms with Crippen LogP contribution in [0.15, 0.2) is 0 Å². The first-order chi connectivity index (χ1) is 5.37. The summed E-state index contributed by atoms with van der Waals surface area (Å²) in [5.74, 6) is 0. The zero-order valence-corrected chi connectivity index (χ0v) is 11.2. The van der Waals surface area contributed by atoms with E-state index in [0.29, 0.717) is 17.7 Å². The average molecular weight is 192 g/mol. The lowest BCUT2D eigenvalue weighted by Crippen LogP contribution is -2.58. The van der Waals surface area contributed by atoms with E-state index in [0.717, 1.165) is 10.4 Å². The molecule has 3 nitrogen and oxygen atoms in total. The van der Waals surface area contributed by atoms with Crippen LogP contribution in [0.5, 0.6) is 0 Å². The topological polar surface area (TPSA) is 18.5 Å². The number of rotatable bonds is 4. The van der Waals surface area contributed by atoms with Gasteiger partial charge < -0.3 is 0 Å². The molecule has 0 bridgehead atoms. The Bertz CT molecular complexity index is 128. The molecule has 0 radical (unpaired) electrons. The van der Waals surface area contributed by atoms with Crippen LogP contribution in [0.1, 0.15) is 34.6 Å². The highest BCUT2D eigenvalue weighted by atomic mass is 28.2.